The maximum absolute atomic E-state index is 12.4. The van der Waals surface area contributed by atoms with Crippen LogP contribution in [-0.2, 0) is 11.2 Å². The van der Waals surface area contributed by atoms with Crippen LogP contribution >= 0.6 is 11.6 Å². The highest BCUT2D eigenvalue weighted by molar-refractivity contribution is 6.30. The highest BCUT2D eigenvalue weighted by Crippen LogP contribution is 2.12. The van der Waals surface area contributed by atoms with Gasteiger partial charge in [-0.2, -0.15) is 0 Å². The SMILES string of the molecule is O=C(Cc1ccc(Cl)cc1)N1CCN(C(=O)Nc2ccncc2)CC1. The van der Waals surface area contributed by atoms with Crippen LogP contribution in [0.5, 0.6) is 0 Å². The Balaban J connectivity index is 1.48. The second-order valence-electron chi connectivity index (χ2n) is 5.84. The average Bonchev–Trinajstić information content (AvgIpc) is 2.64. The molecule has 25 heavy (non-hydrogen) atoms. The number of pyridine rings is 1. The van der Waals surface area contributed by atoms with Crippen molar-refractivity contribution < 1.29 is 9.59 Å². The van der Waals surface area contributed by atoms with Crippen molar-refractivity contribution in [3.63, 3.8) is 0 Å². The Hall–Kier alpha value is -2.60. The summed E-state index contributed by atoms with van der Waals surface area (Å²) < 4.78 is 0. The lowest BCUT2D eigenvalue weighted by molar-refractivity contribution is -0.131. The van der Waals surface area contributed by atoms with E-state index >= 15 is 0 Å². The lowest BCUT2D eigenvalue weighted by atomic mass is 10.1. The van der Waals surface area contributed by atoms with E-state index in [0.717, 1.165) is 5.56 Å². The van der Waals surface area contributed by atoms with E-state index in [0.29, 0.717) is 43.3 Å². The van der Waals surface area contributed by atoms with E-state index in [-0.39, 0.29) is 11.9 Å². The van der Waals surface area contributed by atoms with Crippen molar-refractivity contribution in [1.82, 2.24) is 14.8 Å². The Bertz CT molecular complexity index is 729. The molecule has 0 spiro atoms. The third-order valence-electron chi connectivity index (χ3n) is 4.12. The van der Waals surface area contributed by atoms with Crippen molar-refractivity contribution >= 4 is 29.2 Å². The summed E-state index contributed by atoms with van der Waals surface area (Å²) >= 11 is 5.86. The number of nitrogens with zero attached hydrogens (tertiary/aromatic N) is 3. The number of nitrogens with one attached hydrogen (secondary N) is 1. The van der Waals surface area contributed by atoms with Crippen LogP contribution < -0.4 is 5.32 Å². The molecular weight excluding hydrogens is 340 g/mol. The minimum absolute atomic E-state index is 0.0662. The Kier molecular flexibility index (Phi) is 5.50. The Morgan fingerprint density at radius 1 is 0.960 bits per heavy atom. The molecule has 3 amide bonds. The van der Waals surface area contributed by atoms with E-state index in [2.05, 4.69) is 10.3 Å². The summed E-state index contributed by atoms with van der Waals surface area (Å²) in [5, 5.41) is 3.49. The molecule has 1 aliphatic rings. The largest absolute Gasteiger partial charge is 0.339 e. The number of halogens is 1. The number of benzene rings is 1. The molecule has 1 aromatic heterocycles. The van der Waals surface area contributed by atoms with Gasteiger partial charge in [-0.1, -0.05) is 23.7 Å². The molecule has 0 unspecified atom stereocenters. The zero-order chi connectivity index (χ0) is 17.6. The minimum Gasteiger partial charge on any atom is -0.339 e. The summed E-state index contributed by atoms with van der Waals surface area (Å²) in [7, 11) is 0. The van der Waals surface area contributed by atoms with Crippen LogP contribution in [0.25, 0.3) is 0 Å². The summed E-state index contributed by atoms with van der Waals surface area (Å²) in [5.41, 5.74) is 1.65. The van der Waals surface area contributed by atoms with Gasteiger partial charge in [0.1, 0.15) is 0 Å². The van der Waals surface area contributed by atoms with Crippen LogP contribution in [0.2, 0.25) is 5.02 Å². The van der Waals surface area contributed by atoms with Crippen molar-refractivity contribution in [1.29, 1.82) is 0 Å². The van der Waals surface area contributed by atoms with Crippen LogP contribution in [-0.4, -0.2) is 52.9 Å². The van der Waals surface area contributed by atoms with Gasteiger partial charge in [0, 0.05) is 49.3 Å². The number of piperazine rings is 1. The van der Waals surface area contributed by atoms with Gasteiger partial charge >= 0.3 is 6.03 Å². The first-order chi connectivity index (χ1) is 12.1. The van der Waals surface area contributed by atoms with Gasteiger partial charge in [0.2, 0.25) is 5.91 Å². The van der Waals surface area contributed by atoms with Gasteiger partial charge in [0.25, 0.3) is 0 Å². The fourth-order valence-electron chi connectivity index (χ4n) is 2.69. The first-order valence-electron chi connectivity index (χ1n) is 8.10. The lowest BCUT2D eigenvalue weighted by Crippen LogP contribution is -2.52. The van der Waals surface area contributed by atoms with Crippen LogP contribution in [0.3, 0.4) is 0 Å². The highest BCUT2D eigenvalue weighted by Gasteiger charge is 2.24. The standard InChI is InChI=1S/C18H19ClN4O2/c19-15-3-1-14(2-4-15)13-17(24)22-9-11-23(12-10-22)18(25)21-16-5-7-20-8-6-16/h1-8H,9-13H2,(H,20,21,25). The minimum atomic E-state index is -0.156. The molecule has 0 aliphatic carbocycles. The van der Waals surface area contributed by atoms with Gasteiger partial charge in [-0.25, -0.2) is 4.79 Å². The number of carbonyl (C=O) groups is 2. The number of carbonyl (C=O) groups excluding carboxylic acids is 2. The van der Waals surface area contributed by atoms with Crippen molar-refractivity contribution in [3.8, 4) is 0 Å². The monoisotopic (exact) mass is 358 g/mol. The normalized spacial score (nSPS) is 14.3. The summed E-state index contributed by atoms with van der Waals surface area (Å²) in [6.45, 7) is 2.11. The van der Waals surface area contributed by atoms with Crippen molar-refractivity contribution in [2.45, 2.75) is 6.42 Å². The van der Waals surface area contributed by atoms with Gasteiger partial charge < -0.3 is 15.1 Å². The van der Waals surface area contributed by atoms with Crippen molar-refractivity contribution in [2.24, 2.45) is 0 Å². The molecule has 3 rings (SSSR count). The molecule has 0 atom stereocenters. The molecule has 6 nitrogen and oxygen atoms in total. The quantitative estimate of drug-likeness (QED) is 0.917. The maximum Gasteiger partial charge on any atom is 0.321 e. The Labute approximate surface area is 151 Å². The van der Waals surface area contributed by atoms with E-state index in [9.17, 15) is 9.59 Å². The average molecular weight is 359 g/mol. The lowest BCUT2D eigenvalue weighted by Gasteiger charge is -2.34. The number of aromatic nitrogens is 1. The molecule has 0 saturated carbocycles. The maximum atomic E-state index is 12.4. The third-order valence-corrected chi connectivity index (χ3v) is 4.37. The molecule has 1 saturated heterocycles. The predicted molar refractivity (Wildman–Crippen MR) is 96.6 cm³/mol. The molecule has 0 bridgehead atoms. The number of hydrogen-bond donors (Lipinski definition) is 1. The summed E-state index contributed by atoms with van der Waals surface area (Å²) in [4.78, 5) is 32.1. The predicted octanol–water partition coefficient (Wildman–Crippen LogP) is 2.65. The fourth-order valence-corrected chi connectivity index (χ4v) is 2.81. The molecule has 1 aliphatic heterocycles. The first-order valence-corrected chi connectivity index (χ1v) is 8.48. The number of rotatable bonds is 3. The molecule has 1 fully saturated rings. The number of anilines is 1. The zero-order valence-electron chi connectivity index (χ0n) is 13.7. The van der Waals surface area contributed by atoms with Gasteiger partial charge in [0.15, 0.2) is 0 Å². The van der Waals surface area contributed by atoms with E-state index < -0.39 is 0 Å². The topological polar surface area (TPSA) is 65.5 Å². The molecular formula is C18H19ClN4O2. The van der Waals surface area contributed by atoms with E-state index in [1.165, 1.54) is 0 Å². The van der Waals surface area contributed by atoms with Crippen molar-refractivity contribution in [3.05, 3.63) is 59.4 Å². The number of urea groups is 1. The first kappa shape index (κ1) is 17.2. The molecule has 0 radical (unpaired) electrons. The van der Waals surface area contributed by atoms with Crippen molar-refractivity contribution in [2.75, 3.05) is 31.5 Å². The summed E-state index contributed by atoms with van der Waals surface area (Å²) in [6, 6.07) is 10.6. The molecule has 130 valence electrons. The Morgan fingerprint density at radius 3 is 2.20 bits per heavy atom. The van der Waals surface area contributed by atoms with Crippen LogP contribution in [0.1, 0.15) is 5.56 Å². The molecule has 1 N–H and O–H groups in total. The van der Waals surface area contributed by atoms with Crippen LogP contribution in [0.4, 0.5) is 10.5 Å². The number of amides is 3. The Morgan fingerprint density at radius 2 is 1.56 bits per heavy atom. The molecule has 2 heterocycles. The van der Waals surface area contributed by atoms with Crippen LogP contribution in [0.15, 0.2) is 48.8 Å². The molecule has 1 aromatic carbocycles. The van der Waals surface area contributed by atoms with Crippen LogP contribution in [0, 0.1) is 0 Å². The van der Waals surface area contributed by atoms with E-state index in [1.807, 2.05) is 12.1 Å². The smallest absolute Gasteiger partial charge is 0.321 e. The zero-order valence-corrected chi connectivity index (χ0v) is 14.4. The van der Waals surface area contributed by atoms with E-state index in [4.69, 9.17) is 11.6 Å². The number of hydrogen-bond acceptors (Lipinski definition) is 3. The van der Waals surface area contributed by atoms with Gasteiger partial charge in [-0.15, -0.1) is 0 Å². The third kappa shape index (κ3) is 4.70. The van der Waals surface area contributed by atoms with Gasteiger partial charge in [-0.3, -0.25) is 9.78 Å². The van der Waals surface area contributed by atoms with E-state index in [1.54, 1.807) is 46.5 Å². The highest BCUT2D eigenvalue weighted by atomic mass is 35.5. The van der Waals surface area contributed by atoms with Gasteiger partial charge in [0.05, 0.1) is 6.42 Å². The fraction of sp³-hybridized carbons (Fsp3) is 0.278. The second-order valence-corrected chi connectivity index (χ2v) is 6.27. The summed E-state index contributed by atoms with van der Waals surface area (Å²) in [6.07, 6.45) is 3.60. The molecule has 7 heteroatoms. The van der Waals surface area contributed by atoms with Gasteiger partial charge in [-0.05, 0) is 29.8 Å². The second kappa shape index (κ2) is 7.98. The summed E-state index contributed by atoms with van der Waals surface area (Å²) in [5.74, 6) is 0.0662. The molecule has 2 aromatic rings.